The summed E-state index contributed by atoms with van der Waals surface area (Å²) in [6.07, 6.45) is 9.09. The number of hydrogen-bond donors (Lipinski definition) is 1. The Hall–Kier alpha value is -1.81. The first kappa shape index (κ1) is 15.4. The van der Waals surface area contributed by atoms with E-state index >= 15 is 0 Å². The molecule has 0 saturated heterocycles. The summed E-state index contributed by atoms with van der Waals surface area (Å²) in [6.45, 7) is 0. The first-order valence-corrected chi connectivity index (χ1v) is 9.60. The van der Waals surface area contributed by atoms with Crippen LogP contribution in [0.25, 0.3) is 5.69 Å². The molecule has 25 heavy (non-hydrogen) atoms. The van der Waals surface area contributed by atoms with E-state index in [1.54, 1.807) is 10.9 Å². The largest absolute Gasteiger partial charge is 0.345 e. The van der Waals surface area contributed by atoms with Crippen molar-refractivity contribution in [3.05, 3.63) is 47.5 Å². The number of benzene rings is 1. The highest BCUT2D eigenvalue weighted by Gasteiger charge is 2.51. The fourth-order valence-corrected chi connectivity index (χ4v) is 6.09. The van der Waals surface area contributed by atoms with Crippen LogP contribution < -0.4 is 5.32 Å². The Kier molecular flexibility index (Phi) is 3.46. The molecule has 6 rings (SSSR count). The molecule has 2 aromatic rings. The van der Waals surface area contributed by atoms with Gasteiger partial charge in [-0.2, -0.15) is 0 Å². The van der Waals surface area contributed by atoms with Crippen molar-refractivity contribution in [2.75, 3.05) is 0 Å². The zero-order valence-corrected chi connectivity index (χ0v) is 14.9. The summed E-state index contributed by atoms with van der Waals surface area (Å²) in [5.41, 5.74) is 1.22. The number of carbonyl (C=O) groups is 1. The molecule has 130 valence electrons. The van der Waals surface area contributed by atoms with Gasteiger partial charge in [0.05, 0.1) is 0 Å². The van der Waals surface area contributed by atoms with Crippen LogP contribution in [0.3, 0.4) is 0 Å². The van der Waals surface area contributed by atoms with Crippen LogP contribution in [0.5, 0.6) is 0 Å². The average Bonchev–Trinajstić information content (AvgIpc) is 2.95. The second-order valence-electron chi connectivity index (χ2n) is 8.24. The van der Waals surface area contributed by atoms with E-state index in [4.69, 9.17) is 11.6 Å². The molecule has 4 nitrogen and oxygen atoms in total. The van der Waals surface area contributed by atoms with Gasteiger partial charge in [0.2, 0.25) is 0 Å². The van der Waals surface area contributed by atoms with Crippen molar-refractivity contribution in [3.63, 3.8) is 0 Å². The lowest BCUT2D eigenvalue weighted by molar-refractivity contribution is -0.0167. The minimum atomic E-state index is -0.123. The number of imidazole rings is 1. The van der Waals surface area contributed by atoms with E-state index in [1.165, 1.54) is 19.3 Å². The number of nitrogens with zero attached hydrogens (tertiary/aromatic N) is 2. The minimum absolute atomic E-state index is 0.0221. The zero-order valence-electron chi connectivity index (χ0n) is 14.1. The maximum Gasteiger partial charge on any atom is 0.273 e. The Morgan fingerprint density at radius 1 is 1.08 bits per heavy atom. The van der Waals surface area contributed by atoms with Crippen LogP contribution in [0.15, 0.2) is 36.7 Å². The second-order valence-corrected chi connectivity index (χ2v) is 8.60. The highest BCUT2D eigenvalue weighted by molar-refractivity contribution is 6.32. The molecule has 4 saturated carbocycles. The van der Waals surface area contributed by atoms with Crippen LogP contribution in [-0.2, 0) is 0 Å². The SMILES string of the molecule is O=C(NC12CC3CC(CC(C3)C1)C2)c1ncn(-c2ccccc2)c1Cl. The van der Waals surface area contributed by atoms with E-state index in [1.807, 2.05) is 30.3 Å². The van der Waals surface area contributed by atoms with Crippen LogP contribution in [-0.4, -0.2) is 21.0 Å². The minimum Gasteiger partial charge on any atom is -0.345 e. The predicted molar refractivity (Wildman–Crippen MR) is 96.9 cm³/mol. The highest BCUT2D eigenvalue weighted by Crippen LogP contribution is 2.55. The molecule has 0 aliphatic heterocycles. The van der Waals surface area contributed by atoms with Crippen molar-refractivity contribution in [3.8, 4) is 5.69 Å². The topological polar surface area (TPSA) is 46.9 Å². The van der Waals surface area contributed by atoms with Gasteiger partial charge in [-0.15, -0.1) is 0 Å². The first-order chi connectivity index (χ1) is 12.1. The third-order valence-corrected chi connectivity index (χ3v) is 6.74. The summed E-state index contributed by atoms with van der Waals surface area (Å²) in [6, 6.07) is 9.75. The molecule has 0 unspecified atom stereocenters. The molecular formula is C20H22ClN3O. The molecule has 1 aromatic carbocycles. The molecule has 1 N–H and O–H groups in total. The first-order valence-electron chi connectivity index (χ1n) is 9.23. The van der Waals surface area contributed by atoms with Gasteiger partial charge in [-0.1, -0.05) is 29.8 Å². The molecule has 4 bridgehead atoms. The Balaban J connectivity index is 1.40. The molecule has 0 spiro atoms. The standard InChI is InChI=1S/C20H22ClN3O/c21-18-17(22-12-24(18)16-4-2-1-3-5-16)19(25)23-20-9-13-6-14(10-20)8-15(7-13)11-20/h1-5,12-15H,6-11H2,(H,23,25). The van der Waals surface area contributed by atoms with Gasteiger partial charge in [0, 0.05) is 11.2 Å². The average molecular weight is 356 g/mol. The van der Waals surface area contributed by atoms with E-state index < -0.39 is 0 Å². The molecule has 1 amide bonds. The third kappa shape index (κ3) is 2.58. The Bertz CT molecular complexity index is 778. The number of halogens is 1. The van der Waals surface area contributed by atoms with Gasteiger partial charge in [0.1, 0.15) is 11.5 Å². The van der Waals surface area contributed by atoms with Gasteiger partial charge in [-0.05, 0) is 68.4 Å². The van der Waals surface area contributed by atoms with Gasteiger partial charge >= 0.3 is 0 Å². The van der Waals surface area contributed by atoms with E-state index in [9.17, 15) is 4.79 Å². The Morgan fingerprint density at radius 3 is 2.28 bits per heavy atom. The molecule has 0 atom stereocenters. The Morgan fingerprint density at radius 2 is 1.68 bits per heavy atom. The van der Waals surface area contributed by atoms with Crippen LogP contribution in [0.4, 0.5) is 0 Å². The molecule has 1 heterocycles. The lowest BCUT2D eigenvalue weighted by Crippen LogP contribution is -2.59. The van der Waals surface area contributed by atoms with Crippen LogP contribution in [0.2, 0.25) is 5.15 Å². The summed E-state index contributed by atoms with van der Waals surface area (Å²) in [5, 5.41) is 3.73. The maximum atomic E-state index is 12.9. The van der Waals surface area contributed by atoms with Crippen molar-refractivity contribution >= 4 is 17.5 Å². The summed E-state index contributed by atoms with van der Waals surface area (Å²) in [5.74, 6) is 2.26. The molecule has 5 heteroatoms. The van der Waals surface area contributed by atoms with E-state index in [0.29, 0.717) is 10.8 Å². The zero-order chi connectivity index (χ0) is 17.0. The van der Waals surface area contributed by atoms with Crippen LogP contribution in [0, 0.1) is 17.8 Å². The van der Waals surface area contributed by atoms with Crippen LogP contribution >= 0.6 is 11.6 Å². The number of amides is 1. The number of carbonyl (C=O) groups excluding carboxylic acids is 1. The third-order valence-electron chi connectivity index (χ3n) is 6.38. The summed E-state index contributed by atoms with van der Waals surface area (Å²) >= 11 is 6.48. The number of para-hydroxylation sites is 1. The number of rotatable bonds is 3. The second kappa shape index (κ2) is 5.60. The monoisotopic (exact) mass is 355 g/mol. The highest BCUT2D eigenvalue weighted by atomic mass is 35.5. The number of aromatic nitrogens is 2. The van der Waals surface area contributed by atoms with Crippen molar-refractivity contribution < 1.29 is 4.79 Å². The lowest BCUT2D eigenvalue weighted by Gasteiger charge is -2.56. The fraction of sp³-hybridized carbons (Fsp3) is 0.500. The van der Waals surface area contributed by atoms with Crippen molar-refractivity contribution in [2.45, 2.75) is 44.1 Å². The Labute approximate surface area is 152 Å². The molecule has 4 fully saturated rings. The van der Waals surface area contributed by atoms with Crippen LogP contribution in [0.1, 0.15) is 49.0 Å². The summed E-state index contributed by atoms with van der Waals surface area (Å²) < 4.78 is 1.76. The molecular weight excluding hydrogens is 334 g/mol. The normalized spacial score (nSPS) is 32.8. The van der Waals surface area contributed by atoms with Gasteiger partial charge in [-0.25, -0.2) is 4.98 Å². The number of nitrogens with one attached hydrogen (secondary N) is 1. The van der Waals surface area contributed by atoms with E-state index in [0.717, 1.165) is 42.7 Å². The van der Waals surface area contributed by atoms with Crippen molar-refractivity contribution in [2.24, 2.45) is 17.8 Å². The van der Waals surface area contributed by atoms with Gasteiger partial charge in [0.15, 0.2) is 5.69 Å². The van der Waals surface area contributed by atoms with E-state index in [2.05, 4.69) is 10.3 Å². The molecule has 4 aliphatic carbocycles. The van der Waals surface area contributed by atoms with Crippen molar-refractivity contribution in [1.29, 1.82) is 0 Å². The smallest absolute Gasteiger partial charge is 0.273 e. The van der Waals surface area contributed by atoms with E-state index in [-0.39, 0.29) is 11.4 Å². The van der Waals surface area contributed by atoms with Gasteiger partial charge < -0.3 is 5.32 Å². The van der Waals surface area contributed by atoms with Crippen molar-refractivity contribution in [1.82, 2.24) is 14.9 Å². The lowest BCUT2D eigenvalue weighted by atomic mass is 9.53. The van der Waals surface area contributed by atoms with Gasteiger partial charge in [-0.3, -0.25) is 9.36 Å². The molecule has 4 aliphatic rings. The predicted octanol–water partition coefficient (Wildman–Crippen LogP) is 4.22. The molecule has 0 radical (unpaired) electrons. The molecule has 1 aromatic heterocycles. The fourth-order valence-electron chi connectivity index (χ4n) is 5.82. The van der Waals surface area contributed by atoms with Gasteiger partial charge in [0.25, 0.3) is 5.91 Å². The maximum absolute atomic E-state index is 12.9. The summed E-state index contributed by atoms with van der Waals surface area (Å²) in [4.78, 5) is 17.2. The quantitative estimate of drug-likeness (QED) is 0.895. The summed E-state index contributed by atoms with van der Waals surface area (Å²) in [7, 11) is 0. The number of hydrogen-bond acceptors (Lipinski definition) is 2.